The molecule has 0 saturated carbocycles. The molecule has 122 valence electrons. The fraction of sp³-hybridized carbons (Fsp3) is 0.467. The molecule has 7 heteroatoms. The van der Waals surface area contributed by atoms with Gasteiger partial charge in [0.1, 0.15) is 5.82 Å². The molecule has 1 fully saturated rings. The Bertz CT molecular complexity index is 518. The average molecular weight is 420 g/mol. The first-order valence-electron chi connectivity index (χ1n) is 7.26. The van der Waals surface area contributed by atoms with Crippen LogP contribution in [0.15, 0.2) is 29.3 Å². The summed E-state index contributed by atoms with van der Waals surface area (Å²) in [5, 5.41) is 2.64. The summed E-state index contributed by atoms with van der Waals surface area (Å²) in [6.45, 7) is 2.61. The molecule has 0 bridgehead atoms. The highest BCUT2D eigenvalue weighted by atomic mass is 127. The summed E-state index contributed by atoms with van der Waals surface area (Å²) >= 11 is 0. The summed E-state index contributed by atoms with van der Waals surface area (Å²) < 4.78 is 13.4. The summed E-state index contributed by atoms with van der Waals surface area (Å²) in [6, 6.07) is 5.90. The maximum absolute atomic E-state index is 13.4. The first-order valence-corrected chi connectivity index (χ1v) is 7.26. The lowest BCUT2D eigenvalue weighted by Gasteiger charge is -2.27. The van der Waals surface area contributed by atoms with E-state index in [2.05, 4.69) is 15.2 Å². The Hall–Kier alpha value is -1.38. The number of benzene rings is 1. The molecule has 2 rings (SSSR count). The van der Waals surface area contributed by atoms with Crippen LogP contribution >= 0.6 is 24.0 Å². The second-order valence-electron chi connectivity index (χ2n) is 5.02. The molecular weight excluding hydrogens is 398 g/mol. The zero-order valence-electron chi connectivity index (χ0n) is 12.4. The number of nitrogens with one attached hydrogen (secondary N) is 1. The summed E-state index contributed by atoms with van der Waals surface area (Å²) in [5.41, 5.74) is 5.95. The Morgan fingerprint density at radius 1 is 1.27 bits per heavy atom. The van der Waals surface area contributed by atoms with Gasteiger partial charge in [0, 0.05) is 19.6 Å². The highest BCUT2D eigenvalue weighted by molar-refractivity contribution is 14.0. The van der Waals surface area contributed by atoms with Crippen molar-refractivity contribution in [3.63, 3.8) is 0 Å². The number of hydrogen-bond acceptors (Lipinski definition) is 2. The van der Waals surface area contributed by atoms with Crippen molar-refractivity contribution >= 4 is 35.8 Å². The van der Waals surface area contributed by atoms with Gasteiger partial charge in [-0.3, -0.25) is 9.79 Å². The molecule has 0 spiro atoms. The quantitative estimate of drug-likeness (QED) is 0.339. The van der Waals surface area contributed by atoms with E-state index in [4.69, 9.17) is 5.73 Å². The highest BCUT2D eigenvalue weighted by Gasteiger charge is 2.12. The van der Waals surface area contributed by atoms with Crippen molar-refractivity contribution in [3.05, 3.63) is 35.6 Å². The first-order chi connectivity index (χ1) is 10.2. The second kappa shape index (κ2) is 9.60. The van der Waals surface area contributed by atoms with Gasteiger partial charge in [0.05, 0.1) is 12.1 Å². The van der Waals surface area contributed by atoms with E-state index < -0.39 is 11.7 Å². The van der Waals surface area contributed by atoms with Gasteiger partial charge in [0.2, 0.25) is 0 Å². The van der Waals surface area contributed by atoms with Crippen LogP contribution in [0.1, 0.15) is 29.6 Å². The van der Waals surface area contributed by atoms with Crippen LogP contribution in [-0.2, 0) is 0 Å². The number of amides is 1. The largest absolute Gasteiger partial charge is 0.370 e. The lowest BCUT2D eigenvalue weighted by Crippen LogP contribution is -2.41. The third-order valence-electron chi connectivity index (χ3n) is 3.47. The van der Waals surface area contributed by atoms with Gasteiger partial charge in [-0.25, -0.2) is 4.39 Å². The topological polar surface area (TPSA) is 70.7 Å². The van der Waals surface area contributed by atoms with Crippen molar-refractivity contribution in [1.29, 1.82) is 0 Å². The van der Waals surface area contributed by atoms with Crippen LogP contribution in [-0.4, -0.2) is 42.9 Å². The third kappa shape index (κ3) is 5.43. The molecule has 3 N–H and O–H groups in total. The Morgan fingerprint density at radius 2 is 1.95 bits per heavy atom. The van der Waals surface area contributed by atoms with Crippen LogP contribution in [0.5, 0.6) is 0 Å². The molecule has 22 heavy (non-hydrogen) atoms. The van der Waals surface area contributed by atoms with Gasteiger partial charge in [-0.15, -0.1) is 24.0 Å². The summed E-state index contributed by atoms with van der Waals surface area (Å²) in [6.07, 6.45) is 3.52. The molecule has 0 radical (unpaired) electrons. The number of aliphatic imine (C=N–C) groups is 1. The minimum absolute atomic E-state index is 0. The highest BCUT2D eigenvalue weighted by Crippen LogP contribution is 2.08. The van der Waals surface area contributed by atoms with Crippen LogP contribution in [0.4, 0.5) is 4.39 Å². The Labute approximate surface area is 147 Å². The first kappa shape index (κ1) is 18.7. The number of carbonyl (C=O) groups excluding carboxylic acids is 1. The molecule has 1 aliphatic heterocycles. The van der Waals surface area contributed by atoms with Gasteiger partial charge in [-0.1, -0.05) is 12.1 Å². The van der Waals surface area contributed by atoms with E-state index in [0.29, 0.717) is 19.0 Å². The summed E-state index contributed by atoms with van der Waals surface area (Å²) in [5.74, 6) is -0.430. The summed E-state index contributed by atoms with van der Waals surface area (Å²) in [7, 11) is 0. The second-order valence-corrected chi connectivity index (χ2v) is 5.02. The van der Waals surface area contributed by atoms with Gasteiger partial charge in [-0.05, 0) is 31.4 Å². The molecule has 1 heterocycles. The Kier molecular flexibility index (Phi) is 8.15. The molecule has 5 nitrogen and oxygen atoms in total. The maximum Gasteiger partial charge on any atom is 0.254 e. The lowest BCUT2D eigenvalue weighted by molar-refractivity contribution is 0.0951. The average Bonchev–Trinajstić information content (AvgIpc) is 2.52. The van der Waals surface area contributed by atoms with Crippen molar-refractivity contribution in [1.82, 2.24) is 10.2 Å². The Morgan fingerprint density at radius 3 is 2.64 bits per heavy atom. The number of halogens is 2. The van der Waals surface area contributed by atoms with E-state index in [9.17, 15) is 9.18 Å². The molecule has 0 aromatic heterocycles. The van der Waals surface area contributed by atoms with Crippen LogP contribution in [0, 0.1) is 5.82 Å². The smallest absolute Gasteiger partial charge is 0.254 e. The lowest BCUT2D eigenvalue weighted by atomic mass is 10.1. The van der Waals surface area contributed by atoms with E-state index in [0.717, 1.165) is 25.9 Å². The predicted octanol–water partition coefficient (Wildman–Crippen LogP) is 1.97. The van der Waals surface area contributed by atoms with Crippen molar-refractivity contribution < 1.29 is 9.18 Å². The standard InChI is InChI=1S/C15H21FN4O.HI/c16-13-7-3-2-6-12(13)14(21)18-8-9-19-15(17)20-10-4-1-5-11-20;/h2-3,6-7H,1,4-5,8-11H2,(H2,17,19)(H,18,21);1H. The number of nitrogens with zero attached hydrogens (tertiary/aromatic N) is 2. The zero-order chi connectivity index (χ0) is 15.1. The van der Waals surface area contributed by atoms with Gasteiger partial charge in [-0.2, -0.15) is 0 Å². The molecule has 0 atom stereocenters. The molecule has 1 saturated heterocycles. The number of piperidine rings is 1. The maximum atomic E-state index is 13.4. The zero-order valence-corrected chi connectivity index (χ0v) is 14.8. The normalized spacial score (nSPS) is 15.1. The molecule has 1 amide bonds. The molecule has 0 aliphatic carbocycles. The number of guanidine groups is 1. The van der Waals surface area contributed by atoms with Crippen molar-refractivity contribution in [2.45, 2.75) is 19.3 Å². The number of likely N-dealkylation sites (tertiary alicyclic amines) is 1. The molecular formula is C15H22FIN4O. The van der Waals surface area contributed by atoms with Crippen LogP contribution in [0.3, 0.4) is 0 Å². The van der Waals surface area contributed by atoms with Gasteiger partial charge in [0.25, 0.3) is 5.91 Å². The van der Waals surface area contributed by atoms with Gasteiger partial charge >= 0.3 is 0 Å². The molecule has 1 aromatic rings. The molecule has 1 aliphatic rings. The predicted molar refractivity (Wildman–Crippen MR) is 96.1 cm³/mol. The SMILES string of the molecule is I.NC(=NCCNC(=O)c1ccccc1F)N1CCCCC1. The van der Waals surface area contributed by atoms with E-state index in [1.807, 2.05) is 0 Å². The monoisotopic (exact) mass is 420 g/mol. The van der Waals surface area contributed by atoms with E-state index in [-0.39, 0.29) is 29.5 Å². The van der Waals surface area contributed by atoms with Gasteiger partial charge in [0.15, 0.2) is 5.96 Å². The number of hydrogen-bond donors (Lipinski definition) is 2. The van der Waals surface area contributed by atoms with E-state index in [1.54, 1.807) is 12.1 Å². The van der Waals surface area contributed by atoms with Crippen LogP contribution in [0.25, 0.3) is 0 Å². The van der Waals surface area contributed by atoms with E-state index >= 15 is 0 Å². The minimum Gasteiger partial charge on any atom is -0.370 e. The fourth-order valence-corrected chi connectivity index (χ4v) is 2.30. The third-order valence-corrected chi connectivity index (χ3v) is 3.47. The molecule has 0 unspecified atom stereocenters. The Balaban J connectivity index is 0.00000242. The van der Waals surface area contributed by atoms with Gasteiger partial charge < -0.3 is 16.0 Å². The van der Waals surface area contributed by atoms with Crippen molar-refractivity contribution in [3.8, 4) is 0 Å². The van der Waals surface area contributed by atoms with E-state index in [1.165, 1.54) is 18.6 Å². The minimum atomic E-state index is -0.522. The van der Waals surface area contributed by atoms with Crippen molar-refractivity contribution in [2.24, 2.45) is 10.7 Å². The fourth-order valence-electron chi connectivity index (χ4n) is 2.30. The van der Waals surface area contributed by atoms with Crippen LogP contribution in [0.2, 0.25) is 0 Å². The number of nitrogens with two attached hydrogens (primary N) is 1. The van der Waals surface area contributed by atoms with Crippen molar-refractivity contribution in [2.75, 3.05) is 26.2 Å². The number of carbonyl (C=O) groups is 1. The molecule has 1 aromatic carbocycles. The van der Waals surface area contributed by atoms with Crippen LogP contribution < -0.4 is 11.1 Å². The summed E-state index contributed by atoms with van der Waals surface area (Å²) in [4.78, 5) is 18.1. The number of rotatable bonds is 4.